The summed E-state index contributed by atoms with van der Waals surface area (Å²) in [5.41, 5.74) is 1.20. The average Bonchev–Trinajstić information content (AvgIpc) is 3.18. The minimum absolute atomic E-state index is 0.0376. The maximum absolute atomic E-state index is 12.5. The summed E-state index contributed by atoms with van der Waals surface area (Å²) in [5, 5.41) is 7.66. The SMILES string of the molecule is CCC1NC(c2ccsc2)N(CCC2CCCO2)C1=O. The van der Waals surface area contributed by atoms with Crippen molar-refractivity contribution in [3.05, 3.63) is 22.4 Å². The van der Waals surface area contributed by atoms with Crippen LogP contribution in [0.2, 0.25) is 0 Å². The zero-order valence-corrected chi connectivity index (χ0v) is 12.7. The molecule has 3 atom stereocenters. The highest BCUT2D eigenvalue weighted by Crippen LogP contribution is 2.29. The molecule has 3 unspecified atom stereocenters. The van der Waals surface area contributed by atoms with Crippen LogP contribution in [-0.2, 0) is 9.53 Å². The van der Waals surface area contributed by atoms with Gasteiger partial charge < -0.3 is 9.64 Å². The molecule has 110 valence electrons. The van der Waals surface area contributed by atoms with Crippen molar-refractivity contribution >= 4 is 17.2 Å². The third-order valence-corrected chi connectivity index (χ3v) is 4.94. The summed E-state index contributed by atoms with van der Waals surface area (Å²) >= 11 is 1.68. The van der Waals surface area contributed by atoms with Crippen molar-refractivity contribution in [1.82, 2.24) is 10.2 Å². The lowest BCUT2D eigenvalue weighted by Gasteiger charge is -2.24. The number of rotatable bonds is 5. The van der Waals surface area contributed by atoms with Crippen LogP contribution in [0, 0.1) is 0 Å². The summed E-state index contributed by atoms with van der Waals surface area (Å²) in [6.07, 6.45) is 4.46. The minimum atomic E-state index is -0.0376. The van der Waals surface area contributed by atoms with Crippen molar-refractivity contribution in [1.29, 1.82) is 0 Å². The van der Waals surface area contributed by atoms with E-state index < -0.39 is 0 Å². The van der Waals surface area contributed by atoms with Crippen LogP contribution in [0.25, 0.3) is 0 Å². The second kappa shape index (κ2) is 6.24. The summed E-state index contributed by atoms with van der Waals surface area (Å²) in [5.74, 6) is 0.238. The van der Waals surface area contributed by atoms with Crippen molar-refractivity contribution in [2.24, 2.45) is 0 Å². The second-order valence-electron chi connectivity index (χ2n) is 5.54. The molecule has 1 aromatic rings. The molecular weight excluding hydrogens is 272 g/mol. The predicted octanol–water partition coefficient (Wildman–Crippen LogP) is 2.53. The zero-order valence-electron chi connectivity index (χ0n) is 11.9. The molecular formula is C15H22N2O2S. The Morgan fingerprint density at radius 3 is 3.10 bits per heavy atom. The summed E-state index contributed by atoms with van der Waals surface area (Å²) in [6, 6.07) is 2.07. The lowest BCUT2D eigenvalue weighted by molar-refractivity contribution is -0.130. The van der Waals surface area contributed by atoms with Gasteiger partial charge >= 0.3 is 0 Å². The monoisotopic (exact) mass is 294 g/mol. The van der Waals surface area contributed by atoms with E-state index in [0.29, 0.717) is 6.10 Å². The standard InChI is InChI=1S/C15H22N2O2S/c1-2-13-15(18)17(7-5-12-4-3-8-19-12)14(16-13)11-6-9-20-10-11/h6,9-10,12-14,16H,2-5,7-8H2,1H3. The quantitative estimate of drug-likeness (QED) is 0.907. The number of nitrogens with zero attached hydrogens (tertiary/aromatic N) is 1. The normalized spacial score (nSPS) is 30.4. The molecule has 2 fully saturated rings. The van der Waals surface area contributed by atoms with E-state index in [1.54, 1.807) is 11.3 Å². The number of carbonyl (C=O) groups excluding carboxylic acids is 1. The van der Waals surface area contributed by atoms with E-state index in [-0.39, 0.29) is 18.1 Å². The molecule has 2 saturated heterocycles. The van der Waals surface area contributed by atoms with Gasteiger partial charge in [0.1, 0.15) is 6.17 Å². The fourth-order valence-corrected chi connectivity index (χ4v) is 3.75. The predicted molar refractivity (Wildman–Crippen MR) is 79.6 cm³/mol. The third kappa shape index (κ3) is 2.75. The number of thiophene rings is 1. The van der Waals surface area contributed by atoms with E-state index >= 15 is 0 Å². The molecule has 2 aliphatic heterocycles. The van der Waals surface area contributed by atoms with Crippen molar-refractivity contribution in [2.45, 2.75) is 50.9 Å². The van der Waals surface area contributed by atoms with Gasteiger partial charge in [-0.05, 0) is 48.1 Å². The molecule has 1 N–H and O–H groups in total. The Kier molecular flexibility index (Phi) is 4.38. The Morgan fingerprint density at radius 1 is 1.55 bits per heavy atom. The van der Waals surface area contributed by atoms with Crippen LogP contribution in [0.1, 0.15) is 44.3 Å². The van der Waals surface area contributed by atoms with Crippen LogP contribution in [-0.4, -0.2) is 36.1 Å². The van der Waals surface area contributed by atoms with Crippen LogP contribution >= 0.6 is 11.3 Å². The molecule has 3 heterocycles. The number of amides is 1. The molecule has 0 aliphatic carbocycles. The van der Waals surface area contributed by atoms with Gasteiger partial charge in [-0.25, -0.2) is 0 Å². The summed E-state index contributed by atoms with van der Waals surface area (Å²) < 4.78 is 5.67. The van der Waals surface area contributed by atoms with Crippen LogP contribution in [0.4, 0.5) is 0 Å². The van der Waals surface area contributed by atoms with Crippen molar-refractivity contribution in [3.8, 4) is 0 Å². The molecule has 0 spiro atoms. The highest BCUT2D eigenvalue weighted by Gasteiger charge is 2.38. The molecule has 5 heteroatoms. The van der Waals surface area contributed by atoms with Gasteiger partial charge in [-0.2, -0.15) is 11.3 Å². The van der Waals surface area contributed by atoms with Crippen LogP contribution in [0.3, 0.4) is 0 Å². The van der Waals surface area contributed by atoms with Crippen molar-refractivity contribution < 1.29 is 9.53 Å². The number of hydrogen-bond acceptors (Lipinski definition) is 4. The van der Waals surface area contributed by atoms with Gasteiger partial charge in [0.2, 0.25) is 5.91 Å². The summed E-state index contributed by atoms with van der Waals surface area (Å²) in [4.78, 5) is 14.5. The largest absolute Gasteiger partial charge is 0.378 e. The van der Waals surface area contributed by atoms with E-state index in [1.165, 1.54) is 5.56 Å². The lowest BCUT2D eigenvalue weighted by atomic mass is 10.1. The summed E-state index contributed by atoms with van der Waals surface area (Å²) in [6.45, 7) is 3.72. The van der Waals surface area contributed by atoms with Crippen LogP contribution in [0.15, 0.2) is 16.8 Å². The van der Waals surface area contributed by atoms with E-state index in [9.17, 15) is 4.79 Å². The Balaban J connectivity index is 1.68. The first-order chi connectivity index (χ1) is 9.79. The highest BCUT2D eigenvalue weighted by atomic mass is 32.1. The fraction of sp³-hybridized carbons (Fsp3) is 0.667. The first-order valence-corrected chi connectivity index (χ1v) is 8.44. The highest BCUT2D eigenvalue weighted by molar-refractivity contribution is 7.07. The Bertz CT molecular complexity index is 443. The van der Waals surface area contributed by atoms with Crippen molar-refractivity contribution in [2.75, 3.05) is 13.2 Å². The van der Waals surface area contributed by atoms with Gasteiger partial charge in [-0.15, -0.1) is 0 Å². The van der Waals surface area contributed by atoms with Gasteiger partial charge in [-0.3, -0.25) is 10.1 Å². The molecule has 4 nitrogen and oxygen atoms in total. The zero-order chi connectivity index (χ0) is 13.9. The Hall–Kier alpha value is -0.910. The summed E-state index contributed by atoms with van der Waals surface area (Å²) in [7, 11) is 0. The molecule has 1 aromatic heterocycles. The van der Waals surface area contributed by atoms with E-state index in [2.05, 4.69) is 29.1 Å². The van der Waals surface area contributed by atoms with Gasteiger partial charge in [0.15, 0.2) is 0 Å². The Labute approximate surface area is 124 Å². The number of hydrogen-bond donors (Lipinski definition) is 1. The molecule has 0 saturated carbocycles. The smallest absolute Gasteiger partial charge is 0.241 e. The number of carbonyl (C=O) groups is 1. The minimum Gasteiger partial charge on any atom is -0.378 e. The van der Waals surface area contributed by atoms with E-state index in [1.807, 2.05) is 4.90 Å². The first kappa shape index (κ1) is 14.0. The van der Waals surface area contributed by atoms with Gasteiger partial charge in [0.05, 0.1) is 12.1 Å². The molecule has 2 aliphatic rings. The first-order valence-electron chi connectivity index (χ1n) is 7.50. The third-order valence-electron chi connectivity index (χ3n) is 4.24. The molecule has 1 amide bonds. The van der Waals surface area contributed by atoms with Crippen molar-refractivity contribution in [3.63, 3.8) is 0 Å². The Morgan fingerprint density at radius 2 is 2.45 bits per heavy atom. The molecule has 0 radical (unpaired) electrons. The topological polar surface area (TPSA) is 41.6 Å². The fourth-order valence-electron chi connectivity index (χ4n) is 3.07. The molecule has 20 heavy (non-hydrogen) atoms. The molecule has 0 bridgehead atoms. The van der Waals surface area contributed by atoms with Gasteiger partial charge in [0.25, 0.3) is 0 Å². The lowest BCUT2D eigenvalue weighted by Crippen LogP contribution is -2.33. The second-order valence-corrected chi connectivity index (χ2v) is 6.32. The van der Waals surface area contributed by atoms with E-state index in [4.69, 9.17) is 4.74 Å². The number of ether oxygens (including phenoxy) is 1. The van der Waals surface area contributed by atoms with E-state index in [0.717, 1.165) is 38.8 Å². The number of nitrogens with one attached hydrogen (secondary N) is 1. The van der Waals surface area contributed by atoms with Crippen LogP contribution in [0.5, 0.6) is 0 Å². The van der Waals surface area contributed by atoms with Gasteiger partial charge in [-0.1, -0.05) is 6.92 Å². The molecule has 0 aromatic carbocycles. The van der Waals surface area contributed by atoms with Gasteiger partial charge in [0, 0.05) is 13.2 Å². The van der Waals surface area contributed by atoms with Crippen LogP contribution < -0.4 is 5.32 Å². The molecule has 3 rings (SSSR count). The average molecular weight is 294 g/mol. The maximum Gasteiger partial charge on any atom is 0.241 e. The maximum atomic E-state index is 12.5.